The molecule has 0 radical (unpaired) electrons. The summed E-state index contributed by atoms with van der Waals surface area (Å²) in [5.41, 5.74) is 6.71. The maximum atomic E-state index is 12.6. The molecule has 0 aliphatic carbocycles. The molecule has 2 N–H and O–H groups in total. The molecule has 6 heteroatoms. The Morgan fingerprint density at radius 1 is 1.32 bits per heavy atom. The summed E-state index contributed by atoms with van der Waals surface area (Å²) in [4.78, 5) is 0.566. The van der Waals surface area contributed by atoms with Crippen LogP contribution in [0.4, 0.5) is 0 Å². The van der Waals surface area contributed by atoms with Gasteiger partial charge < -0.3 is 5.73 Å². The van der Waals surface area contributed by atoms with Gasteiger partial charge in [0.2, 0.25) is 10.0 Å². The van der Waals surface area contributed by atoms with E-state index in [1.165, 1.54) is 4.31 Å². The van der Waals surface area contributed by atoms with Crippen LogP contribution in [0.5, 0.6) is 0 Å². The van der Waals surface area contributed by atoms with Gasteiger partial charge in [-0.15, -0.1) is 0 Å². The van der Waals surface area contributed by atoms with Crippen LogP contribution in [0.1, 0.15) is 24.8 Å². The highest BCUT2D eigenvalue weighted by Gasteiger charge is 2.34. The van der Waals surface area contributed by atoms with E-state index in [-0.39, 0.29) is 11.0 Å². The van der Waals surface area contributed by atoms with Crippen molar-refractivity contribution in [1.29, 1.82) is 0 Å². The molecule has 0 aromatic heterocycles. The van der Waals surface area contributed by atoms with E-state index in [1.54, 1.807) is 24.3 Å². The van der Waals surface area contributed by atoms with Crippen molar-refractivity contribution < 1.29 is 8.42 Å². The van der Waals surface area contributed by atoms with Crippen molar-refractivity contribution in [3.8, 4) is 0 Å². The van der Waals surface area contributed by atoms with Gasteiger partial charge in [-0.2, -0.15) is 4.31 Å². The third-order valence-corrected chi connectivity index (χ3v) is 5.60. The second-order valence-electron chi connectivity index (χ2n) is 4.84. The molecule has 1 aromatic rings. The second-order valence-corrected chi connectivity index (χ2v) is 7.20. The molecule has 2 rings (SSSR count). The normalized spacial score (nSPS) is 21.2. The lowest BCUT2D eigenvalue weighted by Crippen LogP contribution is -2.49. The Balaban J connectivity index is 2.37. The number of benzene rings is 1. The number of nitrogens with zero attached hydrogens (tertiary/aromatic N) is 1. The monoisotopic (exact) mass is 298 g/mol. The topological polar surface area (TPSA) is 63.4 Å². The molecule has 1 aliphatic rings. The largest absolute Gasteiger partial charge is 0.392 e. The van der Waals surface area contributed by atoms with Crippen LogP contribution in [0.25, 0.3) is 0 Å². The van der Waals surface area contributed by atoms with Crippen molar-refractivity contribution in [2.24, 2.45) is 5.73 Å². The number of thiocarbonyl (C=S) groups is 1. The van der Waals surface area contributed by atoms with Crippen molar-refractivity contribution in [2.75, 3.05) is 6.54 Å². The van der Waals surface area contributed by atoms with Crippen molar-refractivity contribution in [3.63, 3.8) is 0 Å². The van der Waals surface area contributed by atoms with E-state index in [0.29, 0.717) is 17.9 Å². The molecular weight excluding hydrogens is 280 g/mol. The SMILES string of the molecule is Cc1ccc(S(=O)(=O)N2CCCCC2C(N)=S)cc1. The van der Waals surface area contributed by atoms with E-state index in [2.05, 4.69) is 0 Å². The molecule has 104 valence electrons. The summed E-state index contributed by atoms with van der Waals surface area (Å²) in [7, 11) is -3.51. The molecule has 1 heterocycles. The van der Waals surface area contributed by atoms with Crippen LogP contribution < -0.4 is 5.73 Å². The van der Waals surface area contributed by atoms with E-state index in [1.807, 2.05) is 6.92 Å². The Morgan fingerprint density at radius 2 is 1.95 bits per heavy atom. The highest BCUT2D eigenvalue weighted by molar-refractivity contribution is 7.89. The lowest BCUT2D eigenvalue weighted by molar-refractivity contribution is 0.306. The fourth-order valence-electron chi connectivity index (χ4n) is 2.32. The summed E-state index contributed by atoms with van der Waals surface area (Å²) in [5, 5.41) is 0. The number of piperidine rings is 1. The zero-order valence-electron chi connectivity index (χ0n) is 10.9. The fourth-order valence-corrected chi connectivity index (χ4v) is 4.31. The van der Waals surface area contributed by atoms with Gasteiger partial charge in [-0.3, -0.25) is 0 Å². The van der Waals surface area contributed by atoms with E-state index in [0.717, 1.165) is 18.4 Å². The predicted octanol–water partition coefficient (Wildman–Crippen LogP) is 1.82. The summed E-state index contributed by atoms with van der Waals surface area (Å²) in [6, 6.07) is 6.51. The van der Waals surface area contributed by atoms with E-state index >= 15 is 0 Å². The van der Waals surface area contributed by atoms with Gasteiger partial charge in [-0.05, 0) is 31.9 Å². The molecule has 1 aliphatic heterocycles. The molecule has 1 aromatic carbocycles. The van der Waals surface area contributed by atoms with Gasteiger partial charge in [0.25, 0.3) is 0 Å². The first-order valence-corrected chi connectivity index (χ1v) is 8.15. The van der Waals surface area contributed by atoms with Crippen molar-refractivity contribution in [3.05, 3.63) is 29.8 Å². The first-order chi connectivity index (χ1) is 8.93. The third kappa shape index (κ3) is 2.96. The highest BCUT2D eigenvalue weighted by Crippen LogP contribution is 2.25. The maximum absolute atomic E-state index is 12.6. The molecule has 0 amide bonds. The van der Waals surface area contributed by atoms with E-state index < -0.39 is 10.0 Å². The van der Waals surface area contributed by atoms with Crippen LogP contribution in [-0.4, -0.2) is 30.3 Å². The van der Waals surface area contributed by atoms with Gasteiger partial charge in [0.15, 0.2) is 0 Å². The van der Waals surface area contributed by atoms with Crippen LogP contribution >= 0.6 is 12.2 Å². The van der Waals surface area contributed by atoms with Gasteiger partial charge in [0.1, 0.15) is 0 Å². The Bertz CT molecular complexity index is 567. The van der Waals surface area contributed by atoms with Crippen molar-refractivity contribution in [2.45, 2.75) is 37.1 Å². The van der Waals surface area contributed by atoms with Gasteiger partial charge >= 0.3 is 0 Å². The molecule has 1 saturated heterocycles. The van der Waals surface area contributed by atoms with Crippen molar-refractivity contribution in [1.82, 2.24) is 4.31 Å². The van der Waals surface area contributed by atoms with Crippen LogP contribution in [0, 0.1) is 6.92 Å². The van der Waals surface area contributed by atoms with Crippen molar-refractivity contribution >= 4 is 27.2 Å². The average Bonchev–Trinajstić information content (AvgIpc) is 2.39. The first kappa shape index (κ1) is 14.4. The minimum atomic E-state index is -3.51. The first-order valence-electron chi connectivity index (χ1n) is 6.31. The molecule has 19 heavy (non-hydrogen) atoms. The number of hydrogen-bond acceptors (Lipinski definition) is 3. The van der Waals surface area contributed by atoms with Gasteiger partial charge in [-0.25, -0.2) is 8.42 Å². The number of rotatable bonds is 3. The van der Waals surface area contributed by atoms with Crippen LogP contribution in [-0.2, 0) is 10.0 Å². The second kappa shape index (κ2) is 5.56. The summed E-state index contributed by atoms with van der Waals surface area (Å²) in [5.74, 6) is 0. The summed E-state index contributed by atoms with van der Waals surface area (Å²) < 4.78 is 26.7. The Morgan fingerprint density at radius 3 is 2.53 bits per heavy atom. The lowest BCUT2D eigenvalue weighted by Gasteiger charge is -2.33. The molecule has 0 saturated carbocycles. The number of sulfonamides is 1. The number of aryl methyl sites for hydroxylation is 1. The zero-order valence-corrected chi connectivity index (χ0v) is 12.5. The lowest BCUT2D eigenvalue weighted by atomic mass is 10.1. The van der Waals surface area contributed by atoms with Crippen LogP contribution in [0.15, 0.2) is 29.2 Å². The Labute approximate surface area is 119 Å². The van der Waals surface area contributed by atoms with Crippen LogP contribution in [0.2, 0.25) is 0 Å². The van der Waals surface area contributed by atoms with E-state index in [4.69, 9.17) is 18.0 Å². The van der Waals surface area contributed by atoms with E-state index in [9.17, 15) is 8.42 Å². The molecule has 1 atom stereocenters. The fraction of sp³-hybridized carbons (Fsp3) is 0.462. The summed E-state index contributed by atoms with van der Waals surface area (Å²) in [6.45, 7) is 2.41. The molecule has 0 bridgehead atoms. The van der Waals surface area contributed by atoms with Gasteiger partial charge in [-0.1, -0.05) is 36.3 Å². The molecule has 1 unspecified atom stereocenters. The highest BCUT2D eigenvalue weighted by atomic mass is 32.2. The predicted molar refractivity (Wildman–Crippen MR) is 79.5 cm³/mol. The minimum Gasteiger partial charge on any atom is -0.392 e. The molecule has 1 fully saturated rings. The minimum absolute atomic E-state index is 0.260. The van der Waals surface area contributed by atoms with Crippen LogP contribution in [0.3, 0.4) is 0 Å². The summed E-state index contributed by atoms with van der Waals surface area (Å²) in [6.07, 6.45) is 2.52. The number of hydrogen-bond donors (Lipinski definition) is 1. The Kier molecular flexibility index (Phi) is 4.23. The zero-order chi connectivity index (χ0) is 14.0. The Hall–Kier alpha value is -0.980. The summed E-state index contributed by atoms with van der Waals surface area (Å²) >= 11 is 5.00. The molecular formula is C13H18N2O2S2. The molecule has 4 nitrogen and oxygen atoms in total. The third-order valence-electron chi connectivity index (χ3n) is 3.41. The van der Waals surface area contributed by atoms with Gasteiger partial charge in [0.05, 0.1) is 15.9 Å². The molecule has 0 spiro atoms. The number of nitrogens with two attached hydrogens (primary N) is 1. The standard InChI is InChI=1S/C13H18N2O2S2/c1-10-5-7-11(8-6-10)19(16,17)15-9-3-2-4-12(15)13(14)18/h5-8,12H,2-4,9H2,1H3,(H2,14,18). The van der Waals surface area contributed by atoms with Gasteiger partial charge in [0, 0.05) is 6.54 Å². The maximum Gasteiger partial charge on any atom is 0.243 e. The average molecular weight is 298 g/mol. The smallest absolute Gasteiger partial charge is 0.243 e. The quantitative estimate of drug-likeness (QED) is 0.865.